The molecule has 0 aromatic carbocycles. The third-order valence-electron chi connectivity index (χ3n) is 5.01. The first-order valence-electron chi connectivity index (χ1n) is 8.76. The van der Waals surface area contributed by atoms with Crippen LogP contribution in [-0.4, -0.2) is 75.9 Å². The van der Waals surface area contributed by atoms with Crippen molar-refractivity contribution in [3.8, 4) is 0 Å². The molecule has 3 aliphatic heterocycles. The van der Waals surface area contributed by atoms with Crippen molar-refractivity contribution in [1.29, 1.82) is 0 Å². The minimum atomic E-state index is -1.55. The van der Waals surface area contributed by atoms with Crippen molar-refractivity contribution in [1.82, 2.24) is 0 Å². The van der Waals surface area contributed by atoms with Crippen molar-refractivity contribution in [2.24, 2.45) is 0 Å². The zero-order valence-electron chi connectivity index (χ0n) is 15.5. The molecular weight excluding hydrogens is 332 g/mol. The van der Waals surface area contributed by atoms with Crippen molar-refractivity contribution in [2.45, 2.75) is 94.8 Å². The van der Waals surface area contributed by atoms with E-state index in [9.17, 15) is 15.3 Å². The smallest absolute Gasteiger partial charge is 0.190 e. The van der Waals surface area contributed by atoms with E-state index in [4.69, 9.17) is 23.7 Å². The molecule has 3 heterocycles. The Balaban J connectivity index is 1.87. The summed E-state index contributed by atoms with van der Waals surface area (Å²) in [5.74, 6) is -1.68. The van der Waals surface area contributed by atoms with E-state index in [1.54, 1.807) is 34.6 Å². The summed E-state index contributed by atoms with van der Waals surface area (Å²) in [6.45, 7) is 8.71. The number of fused-ring (bicyclic) bond motifs is 1. The van der Waals surface area contributed by atoms with Crippen LogP contribution in [0.5, 0.6) is 0 Å². The second-order valence-electron chi connectivity index (χ2n) is 8.49. The molecule has 8 heteroatoms. The zero-order chi connectivity index (χ0) is 18.7. The van der Waals surface area contributed by atoms with Gasteiger partial charge in [-0.2, -0.15) is 0 Å². The number of hydrogen-bond donors (Lipinski definition) is 3. The Kier molecular flexibility index (Phi) is 4.75. The number of aliphatic hydroxyl groups is 3. The fourth-order valence-corrected chi connectivity index (χ4v) is 4.01. The molecule has 0 amide bonds. The minimum absolute atomic E-state index is 0.0495. The van der Waals surface area contributed by atoms with Gasteiger partial charge < -0.3 is 39.0 Å². The first-order chi connectivity index (χ1) is 11.4. The van der Waals surface area contributed by atoms with Crippen LogP contribution in [0.25, 0.3) is 0 Å². The number of aliphatic hydroxyl groups excluding tert-OH is 1. The van der Waals surface area contributed by atoms with Crippen molar-refractivity contribution < 1.29 is 39.0 Å². The Bertz CT molecular complexity index is 505. The van der Waals surface area contributed by atoms with E-state index in [0.717, 1.165) is 0 Å². The van der Waals surface area contributed by atoms with Gasteiger partial charge in [-0.05, 0) is 41.0 Å². The maximum atomic E-state index is 11.5. The summed E-state index contributed by atoms with van der Waals surface area (Å²) in [6.07, 6.45) is -2.77. The molecule has 146 valence electrons. The maximum Gasteiger partial charge on any atom is 0.190 e. The molecule has 3 rings (SSSR count). The summed E-state index contributed by atoms with van der Waals surface area (Å²) in [5, 5.41) is 31.4. The van der Waals surface area contributed by atoms with E-state index < -0.39 is 47.4 Å². The predicted molar refractivity (Wildman–Crippen MR) is 85.5 cm³/mol. The molecule has 3 saturated heterocycles. The van der Waals surface area contributed by atoms with Crippen molar-refractivity contribution in [2.75, 3.05) is 13.2 Å². The highest BCUT2D eigenvalue weighted by Crippen LogP contribution is 2.49. The van der Waals surface area contributed by atoms with Gasteiger partial charge in [0.05, 0.1) is 12.2 Å². The third-order valence-corrected chi connectivity index (χ3v) is 5.01. The lowest BCUT2D eigenvalue weighted by molar-refractivity contribution is -0.254. The summed E-state index contributed by atoms with van der Waals surface area (Å²) in [6, 6.07) is 0. The lowest BCUT2D eigenvalue weighted by Crippen LogP contribution is -2.57. The Hall–Kier alpha value is -0.320. The molecule has 0 radical (unpaired) electrons. The van der Waals surface area contributed by atoms with Crippen LogP contribution in [0, 0.1) is 0 Å². The van der Waals surface area contributed by atoms with Crippen molar-refractivity contribution in [3.05, 3.63) is 0 Å². The molecule has 0 unspecified atom stereocenters. The summed E-state index contributed by atoms with van der Waals surface area (Å²) >= 11 is 0. The van der Waals surface area contributed by atoms with Crippen LogP contribution in [-0.2, 0) is 23.7 Å². The molecular formula is C17H30O8. The number of hydrogen-bond acceptors (Lipinski definition) is 8. The fourth-order valence-electron chi connectivity index (χ4n) is 4.01. The highest BCUT2D eigenvalue weighted by atomic mass is 16.8. The molecule has 0 bridgehead atoms. The monoisotopic (exact) mass is 362 g/mol. The van der Waals surface area contributed by atoms with Gasteiger partial charge in [0.15, 0.2) is 17.9 Å². The van der Waals surface area contributed by atoms with E-state index >= 15 is 0 Å². The normalized spacial score (nSPS) is 44.6. The minimum Gasteiger partial charge on any atom is -0.396 e. The Morgan fingerprint density at radius 2 is 1.72 bits per heavy atom. The van der Waals surface area contributed by atoms with Crippen LogP contribution in [0.15, 0.2) is 0 Å². The molecule has 0 spiro atoms. The maximum absolute atomic E-state index is 11.5. The van der Waals surface area contributed by atoms with Crippen LogP contribution in [0.1, 0.15) is 47.5 Å². The summed E-state index contributed by atoms with van der Waals surface area (Å²) in [4.78, 5) is 0. The Labute approximate surface area is 148 Å². The molecule has 8 nitrogen and oxygen atoms in total. The summed E-state index contributed by atoms with van der Waals surface area (Å²) in [5.41, 5.74) is -2.85. The van der Waals surface area contributed by atoms with Crippen LogP contribution in [0.3, 0.4) is 0 Å². The number of rotatable bonds is 5. The van der Waals surface area contributed by atoms with Gasteiger partial charge in [0.1, 0.15) is 23.9 Å². The molecule has 3 N–H and O–H groups in total. The third kappa shape index (κ3) is 3.72. The van der Waals surface area contributed by atoms with E-state index in [0.29, 0.717) is 0 Å². The SMILES string of the molecule is CC1(C)OC[C@@H]([C@H]2O[C@@H]3OC(C)(C)O[C@@H]3[C@@]2(O)C[C@](C)(O)CCO)O1. The van der Waals surface area contributed by atoms with Crippen LogP contribution in [0.2, 0.25) is 0 Å². The molecule has 0 aromatic rings. The first kappa shape index (κ1) is 19.4. The second-order valence-corrected chi connectivity index (χ2v) is 8.49. The van der Waals surface area contributed by atoms with E-state index in [2.05, 4.69) is 0 Å². The first-order valence-corrected chi connectivity index (χ1v) is 8.76. The topological polar surface area (TPSA) is 107 Å². The van der Waals surface area contributed by atoms with Gasteiger partial charge in [-0.25, -0.2) is 0 Å². The average Bonchev–Trinajstić information content (AvgIpc) is 3.00. The molecule has 6 atom stereocenters. The van der Waals surface area contributed by atoms with Crippen LogP contribution in [0.4, 0.5) is 0 Å². The van der Waals surface area contributed by atoms with Gasteiger partial charge in [0.25, 0.3) is 0 Å². The Morgan fingerprint density at radius 1 is 1.04 bits per heavy atom. The van der Waals surface area contributed by atoms with E-state index in [1.807, 2.05) is 0 Å². The quantitative estimate of drug-likeness (QED) is 0.640. The standard InChI is InChI=1S/C17H30O8/c1-14(2)21-8-10(23-14)11-17(20,9-16(5,19)6-7-18)12-13(22-11)25-15(3,4)24-12/h10-13,18-20H,6-9H2,1-5H3/t10-,11+,12-,13+,16+,17+/m0/s1. The van der Waals surface area contributed by atoms with Crippen molar-refractivity contribution >= 4 is 0 Å². The molecule has 0 aromatic heterocycles. The van der Waals surface area contributed by atoms with Gasteiger partial charge in [-0.1, -0.05) is 0 Å². The van der Waals surface area contributed by atoms with Gasteiger partial charge >= 0.3 is 0 Å². The lowest BCUT2D eigenvalue weighted by atomic mass is 9.78. The summed E-state index contributed by atoms with van der Waals surface area (Å²) < 4.78 is 29.1. The average molecular weight is 362 g/mol. The molecule has 3 fully saturated rings. The second kappa shape index (κ2) is 6.10. The van der Waals surface area contributed by atoms with E-state index in [1.165, 1.54) is 0 Å². The molecule has 0 aliphatic carbocycles. The largest absolute Gasteiger partial charge is 0.396 e. The highest BCUT2D eigenvalue weighted by Gasteiger charge is 2.67. The lowest BCUT2D eigenvalue weighted by Gasteiger charge is -2.40. The summed E-state index contributed by atoms with van der Waals surface area (Å²) in [7, 11) is 0. The van der Waals surface area contributed by atoms with Crippen LogP contribution >= 0.6 is 0 Å². The molecule has 3 aliphatic rings. The predicted octanol–water partition coefficient (Wildman–Crippen LogP) is 0.269. The fraction of sp³-hybridized carbons (Fsp3) is 1.00. The van der Waals surface area contributed by atoms with Crippen molar-refractivity contribution in [3.63, 3.8) is 0 Å². The highest BCUT2D eigenvalue weighted by molar-refractivity contribution is 5.10. The van der Waals surface area contributed by atoms with Gasteiger partial charge in [0.2, 0.25) is 0 Å². The zero-order valence-corrected chi connectivity index (χ0v) is 15.5. The number of ether oxygens (including phenoxy) is 5. The van der Waals surface area contributed by atoms with Gasteiger partial charge in [-0.3, -0.25) is 0 Å². The Morgan fingerprint density at radius 3 is 2.28 bits per heavy atom. The van der Waals surface area contributed by atoms with E-state index in [-0.39, 0.29) is 26.1 Å². The van der Waals surface area contributed by atoms with Crippen LogP contribution < -0.4 is 0 Å². The van der Waals surface area contributed by atoms with Gasteiger partial charge in [0, 0.05) is 13.0 Å². The molecule has 25 heavy (non-hydrogen) atoms. The van der Waals surface area contributed by atoms with Gasteiger partial charge in [-0.15, -0.1) is 0 Å². The molecule has 0 saturated carbocycles.